The van der Waals surface area contributed by atoms with Crippen LogP contribution >= 0.6 is 0 Å². The molecule has 0 aromatic carbocycles. The number of nitrogens with one attached hydrogen (secondary N) is 3. The second-order valence-electron chi connectivity index (χ2n) is 4.38. The number of rotatable bonds is 3. The van der Waals surface area contributed by atoms with Crippen molar-refractivity contribution in [3.8, 4) is 0 Å². The molecule has 1 saturated carbocycles. The van der Waals surface area contributed by atoms with Crippen molar-refractivity contribution >= 4 is 11.8 Å². The topological polar surface area (TPSA) is 100 Å². The van der Waals surface area contributed by atoms with Crippen LogP contribution in [0.1, 0.15) is 45.5 Å². The Balaban J connectivity index is 1.57. The summed E-state index contributed by atoms with van der Waals surface area (Å²) in [5, 5.41) is 3.67. The monoisotopic (exact) mass is 260 g/mol. The number of carbonyl (C=O) groups excluding carboxylic acids is 2. The summed E-state index contributed by atoms with van der Waals surface area (Å²) in [4.78, 5) is 26.0. The molecular formula is C12H12N4O3. The van der Waals surface area contributed by atoms with Crippen molar-refractivity contribution in [2.24, 2.45) is 0 Å². The van der Waals surface area contributed by atoms with Crippen molar-refractivity contribution in [2.75, 3.05) is 0 Å². The predicted octanol–water partition coefficient (Wildman–Crippen LogP) is 0.955. The fourth-order valence-corrected chi connectivity index (χ4v) is 1.67. The Morgan fingerprint density at radius 1 is 1.32 bits per heavy atom. The summed E-state index contributed by atoms with van der Waals surface area (Å²) < 4.78 is 5.06. The highest BCUT2D eigenvalue weighted by atomic mass is 16.5. The summed E-state index contributed by atoms with van der Waals surface area (Å²) in [6.45, 7) is 0. The van der Waals surface area contributed by atoms with Crippen LogP contribution in [-0.2, 0) is 0 Å². The second kappa shape index (κ2) is 4.60. The van der Waals surface area contributed by atoms with Gasteiger partial charge >= 0.3 is 0 Å². The summed E-state index contributed by atoms with van der Waals surface area (Å²) in [5.74, 6) is 0.184. The fraction of sp³-hybridized carbons (Fsp3) is 0.250. The molecule has 2 aromatic heterocycles. The van der Waals surface area contributed by atoms with Crippen LogP contribution in [0.25, 0.3) is 0 Å². The Bertz CT molecular complexity index is 598. The molecule has 2 amide bonds. The number of carbonyl (C=O) groups is 2. The van der Waals surface area contributed by atoms with Crippen molar-refractivity contribution in [1.82, 2.24) is 21.0 Å². The predicted molar refractivity (Wildman–Crippen MR) is 64.2 cm³/mol. The molecule has 7 nitrogen and oxygen atoms in total. The zero-order valence-corrected chi connectivity index (χ0v) is 9.97. The number of nitrogens with zero attached hydrogens (tertiary/aromatic N) is 1. The number of amides is 2. The van der Waals surface area contributed by atoms with Crippen molar-refractivity contribution in [1.29, 1.82) is 0 Å². The van der Waals surface area contributed by atoms with Crippen LogP contribution < -0.4 is 10.9 Å². The van der Waals surface area contributed by atoms with Crippen LogP contribution in [0.2, 0.25) is 0 Å². The van der Waals surface area contributed by atoms with E-state index in [1.165, 1.54) is 0 Å². The largest absolute Gasteiger partial charge is 0.360 e. The average Bonchev–Trinajstić information content (AvgIpc) is 2.96. The molecule has 0 spiro atoms. The Morgan fingerprint density at radius 3 is 2.79 bits per heavy atom. The number of hydrogen-bond donors (Lipinski definition) is 3. The van der Waals surface area contributed by atoms with Gasteiger partial charge in [-0.15, -0.1) is 0 Å². The number of hydrogen-bond acceptors (Lipinski definition) is 4. The molecule has 1 aliphatic carbocycles. The minimum absolute atomic E-state index is 0.161. The number of hydrazine groups is 1. The van der Waals surface area contributed by atoms with E-state index in [0.717, 1.165) is 18.6 Å². The quantitative estimate of drug-likeness (QED) is 0.715. The lowest BCUT2D eigenvalue weighted by atomic mass is 10.3. The van der Waals surface area contributed by atoms with Gasteiger partial charge in [0.2, 0.25) is 0 Å². The summed E-state index contributed by atoms with van der Waals surface area (Å²) in [6.07, 6.45) is 3.76. The lowest BCUT2D eigenvalue weighted by Gasteiger charge is -2.03. The van der Waals surface area contributed by atoms with Crippen molar-refractivity contribution in [3.63, 3.8) is 0 Å². The molecule has 19 heavy (non-hydrogen) atoms. The molecular weight excluding hydrogens is 248 g/mol. The van der Waals surface area contributed by atoms with Gasteiger partial charge < -0.3 is 9.51 Å². The van der Waals surface area contributed by atoms with E-state index in [4.69, 9.17) is 4.52 Å². The van der Waals surface area contributed by atoms with Crippen LogP contribution in [0.5, 0.6) is 0 Å². The third-order valence-electron chi connectivity index (χ3n) is 2.87. The minimum Gasteiger partial charge on any atom is -0.360 e. The van der Waals surface area contributed by atoms with E-state index in [1.807, 2.05) is 0 Å². The second-order valence-corrected chi connectivity index (χ2v) is 4.38. The lowest BCUT2D eigenvalue weighted by Crippen LogP contribution is -2.41. The maximum Gasteiger partial charge on any atom is 0.291 e. The first-order chi connectivity index (χ1) is 9.24. The maximum absolute atomic E-state index is 11.7. The van der Waals surface area contributed by atoms with Gasteiger partial charge in [-0.3, -0.25) is 20.4 Å². The zero-order valence-electron chi connectivity index (χ0n) is 9.97. The number of H-pyrrole nitrogens is 1. The normalized spacial score (nSPS) is 14.1. The van der Waals surface area contributed by atoms with Gasteiger partial charge in [-0.25, -0.2) is 0 Å². The Kier molecular flexibility index (Phi) is 2.79. The first-order valence-electron chi connectivity index (χ1n) is 5.95. The van der Waals surface area contributed by atoms with Crippen molar-refractivity contribution in [3.05, 3.63) is 41.5 Å². The van der Waals surface area contributed by atoms with E-state index in [1.54, 1.807) is 24.4 Å². The minimum atomic E-state index is -0.504. The number of aromatic amines is 1. The van der Waals surface area contributed by atoms with E-state index in [2.05, 4.69) is 21.0 Å². The summed E-state index contributed by atoms with van der Waals surface area (Å²) in [5.41, 5.74) is 5.09. The van der Waals surface area contributed by atoms with Crippen LogP contribution in [0.4, 0.5) is 0 Å². The standard InChI is InChI=1S/C12H12N4O3/c17-11(8-2-1-5-13-8)14-15-12(18)9-6-10(19-16-9)7-3-4-7/h1-2,5-7,13H,3-4H2,(H,14,17)(H,15,18). The fourth-order valence-electron chi connectivity index (χ4n) is 1.67. The highest BCUT2D eigenvalue weighted by Gasteiger charge is 2.28. The SMILES string of the molecule is O=C(NNC(=O)c1ccc[nH]1)c1cc(C2CC2)on1. The smallest absolute Gasteiger partial charge is 0.291 e. The van der Waals surface area contributed by atoms with Gasteiger partial charge in [0, 0.05) is 18.2 Å². The molecule has 1 fully saturated rings. The lowest BCUT2D eigenvalue weighted by molar-refractivity contribution is 0.0839. The molecule has 3 rings (SSSR count). The third-order valence-corrected chi connectivity index (χ3v) is 2.87. The zero-order chi connectivity index (χ0) is 13.2. The van der Waals surface area contributed by atoms with E-state index in [-0.39, 0.29) is 5.69 Å². The van der Waals surface area contributed by atoms with Crippen LogP contribution in [0.3, 0.4) is 0 Å². The molecule has 2 heterocycles. The highest BCUT2D eigenvalue weighted by molar-refractivity contribution is 5.97. The molecule has 0 radical (unpaired) electrons. The molecule has 3 N–H and O–H groups in total. The summed E-state index contributed by atoms with van der Waals surface area (Å²) in [7, 11) is 0. The Hall–Kier alpha value is -2.57. The molecule has 0 saturated heterocycles. The first-order valence-corrected chi connectivity index (χ1v) is 5.95. The molecule has 98 valence electrons. The molecule has 7 heteroatoms. The van der Waals surface area contributed by atoms with Crippen molar-refractivity contribution < 1.29 is 14.1 Å². The Labute approximate surface area is 108 Å². The maximum atomic E-state index is 11.7. The Morgan fingerprint density at radius 2 is 2.11 bits per heavy atom. The van der Waals surface area contributed by atoms with Gasteiger partial charge in [-0.2, -0.15) is 0 Å². The van der Waals surface area contributed by atoms with Gasteiger partial charge in [0.15, 0.2) is 5.69 Å². The van der Waals surface area contributed by atoms with Gasteiger partial charge in [-0.1, -0.05) is 5.16 Å². The van der Waals surface area contributed by atoms with E-state index in [9.17, 15) is 9.59 Å². The highest BCUT2D eigenvalue weighted by Crippen LogP contribution is 2.40. The van der Waals surface area contributed by atoms with Crippen LogP contribution in [0.15, 0.2) is 28.9 Å². The molecule has 1 aliphatic rings. The van der Waals surface area contributed by atoms with Crippen LogP contribution in [0, 0.1) is 0 Å². The third kappa shape index (κ3) is 2.49. The van der Waals surface area contributed by atoms with Gasteiger partial charge in [0.1, 0.15) is 11.5 Å². The summed E-state index contributed by atoms with van der Waals surface area (Å²) >= 11 is 0. The van der Waals surface area contributed by atoms with Crippen LogP contribution in [-0.4, -0.2) is 22.0 Å². The van der Waals surface area contributed by atoms with E-state index in [0.29, 0.717) is 11.6 Å². The average molecular weight is 260 g/mol. The first kappa shape index (κ1) is 11.5. The molecule has 0 unspecified atom stereocenters. The van der Waals surface area contributed by atoms with E-state index < -0.39 is 11.8 Å². The van der Waals surface area contributed by atoms with Gasteiger partial charge in [0.25, 0.3) is 11.8 Å². The summed E-state index contributed by atoms with van der Waals surface area (Å²) in [6, 6.07) is 4.90. The van der Waals surface area contributed by atoms with Crippen molar-refractivity contribution in [2.45, 2.75) is 18.8 Å². The molecule has 2 aromatic rings. The molecule has 0 atom stereocenters. The van der Waals surface area contributed by atoms with E-state index >= 15 is 0 Å². The molecule has 0 bridgehead atoms. The molecule has 0 aliphatic heterocycles. The van der Waals surface area contributed by atoms with Gasteiger partial charge in [-0.05, 0) is 25.0 Å². The number of aromatic nitrogens is 2. The van der Waals surface area contributed by atoms with Gasteiger partial charge in [0.05, 0.1) is 0 Å².